The Morgan fingerprint density at radius 2 is 1.94 bits per heavy atom. The van der Waals surface area contributed by atoms with Gasteiger partial charge in [0.05, 0.1) is 0 Å². The first-order chi connectivity index (χ1) is 7.78. The molecule has 17 heavy (non-hydrogen) atoms. The minimum atomic E-state index is -1.61. The fraction of sp³-hybridized carbons (Fsp3) is 0.417. The molecule has 2 amide bonds. The summed E-state index contributed by atoms with van der Waals surface area (Å²) in [6.07, 6.45) is 0. The third kappa shape index (κ3) is 4.91. The van der Waals surface area contributed by atoms with E-state index in [2.05, 4.69) is 25.0 Å². The maximum absolute atomic E-state index is 11.5. The number of carbonyl (C=O) groups is 1. The molecule has 0 aliphatic heterocycles. The van der Waals surface area contributed by atoms with E-state index in [1.165, 1.54) is 4.90 Å². The maximum Gasteiger partial charge on any atom is 0.321 e. The number of urea groups is 1. The zero-order valence-electron chi connectivity index (χ0n) is 11.1. The fourth-order valence-electron chi connectivity index (χ4n) is 1.23. The first-order valence-electron chi connectivity index (χ1n) is 5.55. The van der Waals surface area contributed by atoms with Crippen molar-refractivity contribution in [3.05, 3.63) is 24.3 Å². The molecular formula is C12H20N2O2Si. The van der Waals surface area contributed by atoms with Gasteiger partial charge in [0, 0.05) is 25.8 Å². The number of benzene rings is 1. The highest BCUT2D eigenvalue weighted by molar-refractivity contribution is 6.70. The fourth-order valence-corrected chi connectivity index (χ4v) is 2.06. The minimum absolute atomic E-state index is 0.143. The van der Waals surface area contributed by atoms with Gasteiger partial charge < -0.3 is 14.6 Å². The molecule has 0 bridgehead atoms. The number of nitrogens with one attached hydrogen (secondary N) is 1. The van der Waals surface area contributed by atoms with E-state index in [1.54, 1.807) is 14.1 Å². The van der Waals surface area contributed by atoms with Crippen LogP contribution in [-0.2, 0) is 0 Å². The molecule has 0 radical (unpaired) electrons. The molecule has 0 aliphatic rings. The van der Waals surface area contributed by atoms with Crippen LogP contribution in [0.1, 0.15) is 0 Å². The molecule has 1 aromatic carbocycles. The Balaban J connectivity index is 2.76. The minimum Gasteiger partial charge on any atom is -0.544 e. The SMILES string of the molecule is CN(C)C(=O)Nc1cccc(O[Si](C)(C)C)c1. The normalized spacial score (nSPS) is 10.9. The van der Waals surface area contributed by atoms with E-state index in [1.807, 2.05) is 24.3 Å². The predicted molar refractivity (Wildman–Crippen MR) is 73.1 cm³/mol. The summed E-state index contributed by atoms with van der Waals surface area (Å²) in [4.78, 5) is 13.0. The van der Waals surface area contributed by atoms with Crippen molar-refractivity contribution in [3.8, 4) is 5.75 Å². The average Bonchev–Trinajstić information content (AvgIpc) is 2.15. The highest BCUT2D eigenvalue weighted by Crippen LogP contribution is 2.20. The standard InChI is InChI=1S/C12H20N2O2Si/c1-14(2)12(15)13-10-7-6-8-11(9-10)16-17(3,4)5/h6-9H,1-5H3,(H,13,15). The second-order valence-electron chi connectivity index (χ2n) is 5.07. The van der Waals surface area contributed by atoms with Crippen LogP contribution in [0.3, 0.4) is 0 Å². The molecule has 0 saturated heterocycles. The van der Waals surface area contributed by atoms with Crippen LogP contribution in [0.25, 0.3) is 0 Å². The summed E-state index contributed by atoms with van der Waals surface area (Å²) >= 11 is 0. The number of rotatable bonds is 3. The molecule has 5 heteroatoms. The van der Waals surface area contributed by atoms with Crippen molar-refractivity contribution in [2.24, 2.45) is 0 Å². The lowest BCUT2D eigenvalue weighted by molar-refractivity contribution is 0.230. The quantitative estimate of drug-likeness (QED) is 0.840. The molecule has 1 rings (SSSR count). The highest BCUT2D eigenvalue weighted by Gasteiger charge is 2.16. The molecule has 4 nitrogen and oxygen atoms in total. The van der Waals surface area contributed by atoms with E-state index in [4.69, 9.17) is 4.43 Å². The zero-order valence-corrected chi connectivity index (χ0v) is 12.1. The van der Waals surface area contributed by atoms with Crippen molar-refractivity contribution in [1.29, 1.82) is 0 Å². The molecule has 94 valence electrons. The number of hydrogen-bond acceptors (Lipinski definition) is 2. The molecule has 0 unspecified atom stereocenters. The van der Waals surface area contributed by atoms with Gasteiger partial charge in [-0.1, -0.05) is 6.07 Å². The van der Waals surface area contributed by atoms with Crippen LogP contribution in [0.4, 0.5) is 10.5 Å². The van der Waals surface area contributed by atoms with Crippen LogP contribution < -0.4 is 9.74 Å². The van der Waals surface area contributed by atoms with Crippen LogP contribution in [0.5, 0.6) is 5.75 Å². The summed E-state index contributed by atoms with van der Waals surface area (Å²) in [6.45, 7) is 6.37. The van der Waals surface area contributed by atoms with E-state index < -0.39 is 8.32 Å². The predicted octanol–water partition coefficient (Wildman–Crippen LogP) is 2.99. The van der Waals surface area contributed by atoms with Crippen LogP contribution in [0.2, 0.25) is 19.6 Å². The van der Waals surface area contributed by atoms with E-state index in [-0.39, 0.29) is 6.03 Å². The second-order valence-corrected chi connectivity index (χ2v) is 9.50. The first kappa shape index (κ1) is 13.6. The molecule has 0 heterocycles. The molecule has 0 saturated carbocycles. The highest BCUT2D eigenvalue weighted by atomic mass is 28.4. The third-order valence-corrected chi connectivity index (χ3v) is 2.76. The topological polar surface area (TPSA) is 41.6 Å². The van der Waals surface area contributed by atoms with Gasteiger partial charge in [-0.25, -0.2) is 4.79 Å². The summed E-state index contributed by atoms with van der Waals surface area (Å²) in [7, 11) is 1.81. The van der Waals surface area contributed by atoms with Crippen molar-refractivity contribution >= 4 is 20.0 Å². The monoisotopic (exact) mass is 252 g/mol. The number of nitrogens with zero attached hydrogens (tertiary/aromatic N) is 1. The zero-order chi connectivity index (χ0) is 13.1. The van der Waals surface area contributed by atoms with Gasteiger partial charge in [0.25, 0.3) is 0 Å². The van der Waals surface area contributed by atoms with Gasteiger partial charge in [0.2, 0.25) is 8.32 Å². The third-order valence-electron chi connectivity index (χ3n) is 1.92. The summed E-state index contributed by atoms with van der Waals surface area (Å²) < 4.78 is 5.86. The number of hydrogen-bond donors (Lipinski definition) is 1. The van der Waals surface area contributed by atoms with E-state index >= 15 is 0 Å². The Kier molecular flexibility index (Phi) is 4.17. The smallest absolute Gasteiger partial charge is 0.321 e. The summed E-state index contributed by atoms with van der Waals surface area (Å²) in [6, 6.07) is 7.33. The van der Waals surface area contributed by atoms with E-state index in [0.717, 1.165) is 11.4 Å². The van der Waals surface area contributed by atoms with Crippen LogP contribution in [0, 0.1) is 0 Å². The number of anilines is 1. The van der Waals surface area contributed by atoms with Crippen LogP contribution in [0.15, 0.2) is 24.3 Å². The molecule has 0 aromatic heterocycles. The summed E-state index contributed by atoms with van der Waals surface area (Å²) in [5.74, 6) is 0.806. The lowest BCUT2D eigenvalue weighted by Gasteiger charge is -2.20. The first-order valence-corrected chi connectivity index (χ1v) is 8.96. The van der Waals surface area contributed by atoms with Crippen molar-refractivity contribution in [2.45, 2.75) is 19.6 Å². The largest absolute Gasteiger partial charge is 0.544 e. The Bertz CT molecular complexity index is 400. The van der Waals surface area contributed by atoms with Gasteiger partial charge in [-0.15, -0.1) is 0 Å². The van der Waals surface area contributed by atoms with Gasteiger partial charge in [0.1, 0.15) is 5.75 Å². The van der Waals surface area contributed by atoms with Gasteiger partial charge in [-0.3, -0.25) is 0 Å². The van der Waals surface area contributed by atoms with Gasteiger partial charge in [-0.05, 0) is 31.8 Å². The van der Waals surface area contributed by atoms with Crippen LogP contribution >= 0.6 is 0 Å². The van der Waals surface area contributed by atoms with Crippen molar-refractivity contribution in [3.63, 3.8) is 0 Å². The molecule has 0 aliphatic carbocycles. The van der Waals surface area contributed by atoms with E-state index in [0.29, 0.717) is 0 Å². The maximum atomic E-state index is 11.5. The number of amides is 2. The van der Waals surface area contributed by atoms with Gasteiger partial charge >= 0.3 is 6.03 Å². The van der Waals surface area contributed by atoms with Gasteiger partial charge in [-0.2, -0.15) is 0 Å². The molecule has 1 aromatic rings. The molecule has 1 N–H and O–H groups in total. The van der Waals surface area contributed by atoms with Crippen LogP contribution in [-0.4, -0.2) is 33.3 Å². The molecule has 0 spiro atoms. The second kappa shape index (κ2) is 5.22. The lowest BCUT2D eigenvalue weighted by Crippen LogP contribution is -2.29. The van der Waals surface area contributed by atoms with Crippen molar-refractivity contribution in [1.82, 2.24) is 4.90 Å². The average molecular weight is 252 g/mol. The molecule has 0 atom stereocenters. The number of carbonyl (C=O) groups excluding carboxylic acids is 1. The van der Waals surface area contributed by atoms with E-state index in [9.17, 15) is 4.79 Å². The Labute approximate surface area is 104 Å². The Hall–Kier alpha value is -1.49. The Morgan fingerprint density at radius 1 is 1.29 bits per heavy atom. The Morgan fingerprint density at radius 3 is 2.47 bits per heavy atom. The molecule has 0 fully saturated rings. The van der Waals surface area contributed by atoms with Crippen molar-refractivity contribution in [2.75, 3.05) is 19.4 Å². The lowest BCUT2D eigenvalue weighted by atomic mass is 10.3. The summed E-state index contributed by atoms with van der Waals surface area (Å²) in [5, 5.41) is 2.79. The summed E-state index contributed by atoms with van der Waals surface area (Å²) in [5.41, 5.74) is 0.749. The van der Waals surface area contributed by atoms with Crippen molar-refractivity contribution < 1.29 is 9.22 Å². The molecular weight excluding hydrogens is 232 g/mol. The van der Waals surface area contributed by atoms with Gasteiger partial charge in [0.15, 0.2) is 0 Å².